The summed E-state index contributed by atoms with van der Waals surface area (Å²) in [5, 5.41) is 7.53. The van der Waals surface area contributed by atoms with E-state index in [1.807, 2.05) is 91.6 Å². The van der Waals surface area contributed by atoms with Gasteiger partial charge in [-0.3, -0.25) is 14.4 Å². The van der Waals surface area contributed by atoms with Crippen molar-refractivity contribution < 1.29 is 33.4 Å². The molecule has 4 N–H and O–H groups in total. The first-order valence-corrected chi connectivity index (χ1v) is 18.7. The van der Waals surface area contributed by atoms with Crippen LogP contribution in [0.2, 0.25) is 0 Å². The molecule has 0 fully saturated rings. The SMILES string of the molecule is CC(=O)NC(C)(C)CCC(=O)Oc1cccc2[nH]cc(CCN(C)CCCOC(=O)NC(C)(C)CCC(=O)Oc3cccc4[nH]cc(CCN(C)C)c34)c12. The Balaban J connectivity index is 1.17. The third kappa shape index (κ3) is 12.9. The quantitative estimate of drug-likeness (QED) is 0.0476. The summed E-state index contributed by atoms with van der Waals surface area (Å²) < 4.78 is 17.1. The molecule has 0 atom stereocenters. The number of H-pyrrole nitrogens is 2. The lowest BCUT2D eigenvalue weighted by molar-refractivity contribution is -0.135. The molecule has 4 rings (SSSR count). The minimum Gasteiger partial charge on any atom is -0.450 e. The molecule has 2 aromatic heterocycles. The van der Waals surface area contributed by atoms with Crippen molar-refractivity contribution in [3.63, 3.8) is 0 Å². The highest BCUT2D eigenvalue weighted by molar-refractivity contribution is 5.92. The van der Waals surface area contributed by atoms with E-state index in [9.17, 15) is 19.2 Å². The minimum atomic E-state index is -0.681. The molecule has 0 saturated heterocycles. The van der Waals surface area contributed by atoms with Gasteiger partial charge in [0, 0.05) is 84.7 Å². The van der Waals surface area contributed by atoms with E-state index >= 15 is 0 Å². The number of amides is 2. The van der Waals surface area contributed by atoms with Crippen LogP contribution in [0.5, 0.6) is 11.5 Å². The molecular weight excluding hydrogens is 688 g/mol. The monoisotopic (exact) mass is 746 g/mol. The summed E-state index contributed by atoms with van der Waals surface area (Å²) in [6.07, 6.45) is 6.70. The molecule has 0 aliphatic rings. The second-order valence-electron chi connectivity index (χ2n) is 15.6. The maximum absolute atomic E-state index is 12.9. The zero-order valence-electron chi connectivity index (χ0n) is 33.1. The Morgan fingerprint density at radius 1 is 0.704 bits per heavy atom. The number of alkyl carbamates (subject to hydrolysis) is 1. The number of likely N-dealkylation sites (N-methyl/N-ethyl adjacent to an activating group) is 2. The molecule has 54 heavy (non-hydrogen) atoms. The van der Waals surface area contributed by atoms with Gasteiger partial charge in [-0.2, -0.15) is 0 Å². The molecule has 13 heteroatoms. The van der Waals surface area contributed by atoms with E-state index in [1.54, 1.807) is 6.07 Å². The number of hydrogen-bond acceptors (Lipinski definition) is 9. The van der Waals surface area contributed by atoms with Gasteiger partial charge < -0.3 is 44.6 Å². The van der Waals surface area contributed by atoms with Gasteiger partial charge in [0.25, 0.3) is 0 Å². The number of fused-ring (bicyclic) bond motifs is 2. The van der Waals surface area contributed by atoms with E-state index in [-0.39, 0.29) is 37.3 Å². The lowest BCUT2D eigenvalue weighted by Gasteiger charge is -2.25. The lowest BCUT2D eigenvalue weighted by atomic mass is 9.98. The third-order valence-corrected chi connectivity index (χ3v) is 9.32. The number of nitrogens with zero attached hydrogens (tertiary/aromatic N) is 2. The number of hydrogen-bond donors (Lipinski definition) is 4. The molecule has 0 spiro atoms. The van der Waals surface area contributed by atoms with Crippen LogP contribution in [0, 0.1) is 0 Å². The van der Waals surface area contributed by atoms with Crippen LogP contribution in [-0.4, -0.2) is 102 Å². The fourth-order valence-electron chi connectivity index (χ4n) is 6.36. The molecule has 2 amide bonds. The van der Waals surface area contributed by atoms with Gasteiger partial charge in [0.05, 0.1) is 6.61 Å². The van der Waals surface area contributed by atoms with Gasteiger partial charge in [-0.25, -0.2) is 4.79 Å². The minimum absolute atomic E-state index is 0.130. The van der Waals surface area contributed by atoms with Crippen molar-refractivity contribution in [2.75, 3.05) is 47.4 Å². The van der Waals surface area contributed by atoms with E-state index < -0.39 is 17.2 Å². The second kappa shape index (κ2) is 18.9. The lowest BCUT2D eigenvalue weighted by Crippen LogP contribution is -2.44. The number of benzene rings is 2. The summed E-state index contributed by atoms with van der Waals surface area (Å²) in [6, 6.07) is 11.2. The summed E-state index contributed by atoms with van der Waals surface area (Å²) in [5.74, 6) is 0.181. The largest absolute Gasteiger partial charge is 0.450 e. The molecule has 13 nitrogen and oxygen atoms in total. The molecule has 0 aliphatic heterocycles. The van der Waals surface area contributed by atoms with E-state index in [2.05, 4.69) is 30.4 Å². The number of rotatable bonds is 20. The highest BCUT2D eigenvalue weighted by Crippen LogP contribution is 2.31. The van der Waals surface area contributed by atoms with Crippen LogP contribution in [0.25, 0.3) is 21.8 Å². The molecule has 2 aromatic carbocycles. The number of ether oxygens (including phenoxy) is 3. The number of carbonyl (C=O) groups excluding carboxylic acids is 4. The summed E-state index contributed by atoms with van der Waals surface area (Å²) in [4.78, 5) is 60.5. The third-order valence-electron chi connectivity index (χ3n) is 9.32. The van der Waals surface area contributed by atoms with Gasteiger partial charge in [-0.1, -0.05) is 12.1 Å². The normalized spacial score (nSPS) is 12.0. The van der Waals surface area contributed by atoms with Crippen molar-refractivity contribution in [3.05, 3.63) is 59.9 Å². The number of nitrogens with one attached hydrogen (secondary N) is 4. The van der Waals surface area contributed by atoms with Crippen molar-refractivity contribution in [2.24, 2.45) is 0 Å². The number of aromatic amines is 2. The highest BCUT2D eigenvalue weighted by atomic mass is 16.6. The zero-order chi connectivity index (χ0) is 39.5. The van der Waals surface area contributed by atoms with Gasteiger partial charge in [-0.15, -0.1) is 0 Å². The van der Waals surface area contributed by atoms with E-state index in [0.29, 0.717) is 37.3 Å². The number of aromatic nitrogens is 2. The van der Waals surface area contributed by atoms with Crippen molar-refractivity contribution in [1.29, 1.82) is 0 Å². The van der Waals surface area contributed by atoms with Crippen LogP contribution in [-0.2, 0) is 32.0 Å². The van der Waals surface area contributed by atoms with Crippen molar-refractivity contribution in [3.8, 4) is 11.5 Å². The van der Waals surface area contributed by atoms with Gasteiger partial charge in [0.15, 0.2) is 0 Å². The van der Waals surface area contributed by atoms with E-state index in [0.717, 1.165) is 58.9 Å². The van der Waals surface area contributed by atoms with Crippen LogP contribution in [0.1, 0.15) is 77.8 Å². The Morgan fingerprint density at radius 3 is 1.70 bits per heavy atom. The average Bonchev–Trinajstić information content (AvgIpc) is 3.71. The fraction of sp³-hybridized carbons (Fsp3) is 0.512. The predicted octanol–water partition coefficient (Wildman–Crippen LogP) is 6.11. The first-order chi connectivity index (χ1) is 25.5. The smallest absolute Gasteiger partial charge is 0.407 e. The van der Waals surface area contributed by atoms with Crippen LogP contribution >= 0.6 is 0 Å². The summed E-state index contributed by atoms with van der Waals surface area (Å²) in [6.45, 7) is 11.5. The van der Waals surface area contributed by atoms with Crippen LogP contribution in [0.15, 0.2) is 48.8 Å². The molecule has 0 saturated carbocycles. The molecular formula is C41H58N6O7. The fourth-order valence-corrected chi connectivity index (χ4v) is 6.36. The van der Waals surface area contributed by atoms with E-state index in [4.69, 9.17) is 14.2 Å². The molecule has 0 bridgehead atoms. The Labute approximate surface area is 318 Å². The first kappa shape index (κ1) is 41.9. The second-order valence-corrected chi connectivity index (χ2v) is 15.6. The van der Waals surface area contributed by atoms with Gasteiger partial charge in [0.1, 0.15) is 11.5 Å². The van der Waals surface area contributed by atoms with Crippen molar-refractivity contribution in [1.82, 2.24) is 30.4 Å². The van der Waals surface area contributed by atoms with Gasteiger partial charge in [-0.05, 0) is 116 Å². The van der Waals surface area contributed by atoms with Crippen molar-refractivity contribution >= 4 is 45.7 Å². The Kier molecular flexibility index (Phi) is 14.7. The summed E-state index contributed by atoms with van der Waals surface area (Å²) in [7, 11) is 6.06. The van der Waals surface area contributed by atoms with Gasteiger partial charge >= 0.3 is 18.0 Å². The maximum Gasteiger partial charge on any atom is 0.407 e. The number of carbonyl (C=O) groups is 4. The Bertz CT molecular complexity index is 1890. The molecule has 2 heterocycles. The highest BCUT2D eigenvalue weighted by Gasteiger charge is 2.24. The molecule has 294 valence electrons. The van der Waals surface area contributed by atoms with Crippen LogP contribution < -0.4 is 20.1 Å². The molecule has 0 unspecified atom stereocenters. The molecule has 0 radical (unpaired) electrons. The molecule has 0 aliphatic carbocycles. The van der Waals surface area contributed by atoms with Gasteiger partial charge in [0.2, 0.25) is 5.91 Å². The standard InChI is InChI=1S/C41H58N6O7/c1-28(48)44-40(2,3)20-16-35(49)54-34-15-10-13-32-38(34)30(27-43-32)19-24-47(8)22-11-25-52-39(51)45-41(4,5)21-17-36(50)53-33-14-9-12-31-37(33)29(26-42-31)18-23-46(6)7/h9-10,12-15,26-27,42-43H,11,16-25H2,1-8H3,(H,44,48)(H,45,51). The maximum atomic E-state index is 12.9. The topological polar surface area (TPSA) is 158 Å². The molecule has 4 aromatic rings. The van der Waals surface area contributed by atoms with Crippen LogP contribution in [0.4, 0.5) is 4.79 Å². The number of esters is 2. The summed E-state index contributed by atoms with van der Waals surface area (Å²) in [5.41, 5.74) is 2.74. The first-order valence-electron chi connectivity index (χ1n) is 18.7. The zero-order valence-corrected chi connectivity index (χ0v) is 33.1. The van der Waals surface area contributed by atoms with E-state index in [1.165, 1.54) is 6.92 Å². The average molecular weight is 747 g/mol. The Morgan fingerprint density at radius 2 is 1.20 bits per heavy atom. The predicted molar refractivity (Wildman–Crippen MR) is 211 cm³/mol. The van der Waals surface area contributed by atoms with Crippen LogP contribution in [0.3, 0.4) is 0 Å². The Hall–Kier alpha value is -4.88. The summed E-state index contributed by atoms with van der Waals surface area (Å²) >= 11 is 0. The van der Waals surface area contributed by atoms with Crippen molar-refractivity contribution in [2.45, 2.75) is 90.6 Å².